The lowest BCUT2D eigenvalue weighted by atomic mass is 9.82. The van der Waals surface area contributed by atoms with Crippen LogP contribution >= 0.6 is 0 Å². The monoisotopic (exact) mass is 363 g/mol. The van der Waals surface area contributed by atoms with Crippen LogP contribution < -0.4 is 10.8 Å². The minimum absolute atomic E-state index is 0.144. The van der Waals surface area contributed by atoms with Crippen LogP contribution in [0.25, 0.3) is 22.1 Å². The summed E-state index contributed by atoms with van der Waals surface area (Å²) in [5.41, 5.74) is 2.63. The summed E-state index contributed by atoms with van der Waals surface area (Å²) in [5.74, 6) is 0.144. The van der Waals surface area contributed by atoms with E-state index in [1.807, 2.05) is 19.1 Å². The van der Waals surface area contributed by atoms with Crippen molar-refractivity contribution in [2.24, 2.45) is 11.1 Å². The molecule has 3 aromatic heterocycles. The van der Waals surface area contributed by atoms with Gasteiger partial charge in [-0.2, -0.15) is 8.42 Å². The van der Waals surface area contributed by atoms with E-state index in [-0.39, 0.29) is 11.6 Å². The number of hydrogen-bond acceptors (Lipinski definition) is 6. The van der Waals surface area contributed by atoms with Gasteiger partial charge in [0, 0.05) is 17.6 Å². The third kappa shape index (κ3) is 3.03. The number of hydrogen-bond donors (Lipinski definition) is 2. The quantitative estimate of drug-likeness (QED) is 0.696. The van der Waals surface area contributed by atoms with Crippen molar-refractivity contribution in [3.05, 3.63) is 34.5 Å². The number of imidazole rings is 1. The standard InChI is InChI=1S/C15H17N5O4S/c1-8-2-3-11-13-12(6-17-14(11)18-8)19-15(21)20(13)7-9-4-10(5-9)24-25(16,22)23/h2-3,6,9-10H,4-5,7H2,1H3,(H,19,21)(H2,16,22,23). The van der Waals surface area contributed by atoms with Crippen LogP contribution in [0.3, 0.4) is 0 Å². The van der Waals surface area contributed by atoms with Gasteiger partial charge in [0.1, 0.15) is 0 Å². The van der Waals surface area contributed by atoms with Gasteiger partial charge in [-0.3, -0.25) is 8.75 Å². The minimum atomic E-state index is -3.94. The molecule has 132 valence electrons. The summed E-state index contributed by atoms with van der Waals surface area (Å²) in [6.45, 7) is 2.35. The van der Waals surface area contributed by atoms with E-state index >= 15 is 0 Å². The highest BCUT2D eigenvalue weighted by Gasteiger charge is 2.33. The Bertz CT molecular complexity index is 1130. The predicted molar refractivity (Wildman–Crippen MR) is 91.1 cm³/mol. The molecule has 0 aromatic carbocycles. The molecule has 3 aromatic rings. The number of rotatable bonds is 4. The van der Waals surface area contributed by atoms with Gasteiger partial charge in [-0.05, 0) is 37.8 Å². The Hall–Kier alpha value is -2.30. The van der Waals surface area contributed by atoms with Crippen LogP contribution in [0.5, 0.6) is 0 Å². The lowest BCUT2D eigenvalue weighted by molar-refractivity contribution is 0.0621. The Balaban J connectivity index is 1.66. The van der Waals surface area contributed by atoms with E-state index in [0.29, 0.717) is 30.6 Å². The number of aromatic amines is 1. The number of aryl methyl sites for hydroxylation is 1. The molecule has 10 heteroatoms. The van der Waals surface area contributed by atoms with E-state index < -0.39 is 16.4 Å². The molecule has 0 unspecified atom stereocenters. The van der Waals surface area contributed by atoms with E-state index in [0.717, 1.165) is 16.6 Å². The van der Waals surface area contributed by atoms with Gasteiger partial charge in [-0.25, -0.2) is 19.9 Å². The zero-order valence-corrected chi connectivity index (χ0v) is 14.3. The average Bonchev–Trinajstić information content (AvgIpc) is 2.79. The normalized spacial score (nSPS) is 20.9. The molecular formula is C15H17N5O4S. The zero-order chi connectivity index (χ0) is 17.8. The molecule has 0 amide bonds. The average molecular weight is 363 g/mol. The van der Waals surface area contributed by atoms with E-state index in [1.54, 1.807) is 10.8 Å². The Morgan fingerprint density at radius 2 is 2.16 bits per heavy atom. The highest BCUT2D eigenvalue weighted by molar-refractivity contribution is 7.84. The van der Waals surface area contributed by atoms with Gasteiger partial charge >= 0.3 is 16.0 Å². The van der Waals surface area contributed by atoms with Crippen molar-refractivity contribution in [3.63, 3.8) is 0 Å². The fourth-order valence-electron chi connectivity index (χ4n) is 3.35. The summed E-state index contributed by atoms with van der Waals surface area (Å²) < 4.78 is 28.3. The van der Waals surface area contributed by atoms with E-state index in [1.165, 1.54) is 0 Å². The molecule has 0 spiro atoms. The fourth-order valence-corrected chi connectivity index (χ4v) is 3.89. The SMILES string of the molecule is Cc1ccc2c(ncc3[nH]c(=O)n(CC4CC(OS(N)(=O)=O)C4)c32)n1. The van der Waals surface area contributed by atoms with Crippen molar-refractivity contribution < 1.29 is 12.6 Å². The van der Waals surface area contributed by atoms with Crippen LogP contribution in [0.2, 0.25) is 0 Å². The zero-order valence-electron chi connectivity index (χ0n) is 13.5. The lowest BCUT2D eigenvalue weighted by Crippen LogP contribution is -2.38. The van der Waals surface area contributed by atoms with Gasteiger partial charge in [0.25, 0.3) is 0 Å². The van der Waals surface area contributed by atoms with Gasteiger partial charge in [-0.15, -0.1) is 0 Å². The molecule has 1 saturated carbocycles. The van der Waals surface area contributed by atoms with Crippen molar-refractivity contribution in [2.45, 2.75) is 32.4 Å². The summed E-state index contributed by atoms with van der Waals surface area (Å²) in [6, 6.07) is 3.79. The van der Waals surface area contributed by atoms with Crippen LogP contribution in [-0.2, 0) is 21.0 Å². The molecule has 25 heavy (non-hydrogen) atoms. The molecule has 4 rings (SSSR count). The molecule has 1 fully saturated rings. The first-order valence-electron chi connectivity index (χ1n) is 7.86. The number of H-pyrrole nitrogens is 1. The molecule has 0 saturated heterocycles. The third-order valence-electron chi connectivity index (χ3n) is 4.50. The summed E-state index contributed by atoms with van der Waals surface area (Å²) in [5, 5.41) is 5.68. The van der Waals surface area contributed by atoms with E-state index in [2.05, 4.69) is 15.0 Å². The lowest BCUT2D eigenvalue weighted by Gasteiger charge is -2.33. The molecule has 3 heterocycles. The highest BCUT2D eigenvalue weighted by atomic mass is 32.2. The number of pyridine rings is 2. The van der Waals surface area contributed by atoms with Crippen molar-refractivity contribution in [2.75, 3.05) is 0 Å². The Morgan fingerprint density at radius 1 is 1.40 bits per heavy atom. The van der Waals surface area contributed by atoms with Crippen molar-refractivity contribution in [1.82, 2.24) is 19.5 Å². The second-order valence-electron chi connectivity index (χ2n) is 6.43. The topological polar surface area (TPSA) is 133 Å². The first-order valence-corrected chi connectivity index (χ1v) is 9.33. The second kappa shape index (κ2) is 5.61. The van der Waals surface area contributed by atoms with Gasteiger partial charge in [0.15, 0.2) is 5.65 Å². The Labute approximate surface area is 143 Å². The number of nitrogens with one attached hydrogen (secondary N) is 1. The minimum Gasteiger partial charge on any atom is -0.304 e. The molecule has 3 N–H and O–H groups in total. The first-order chi connectivity index (χ1) is 11.8. The third-order valence-corrected chi connectivity index (χ3v) is 5.04. The summed E-state index contributed by atoms with van der Waals surface area (Å²) >= 11 is 0. The number of aromatic nitrogens is 4. The maximum absolute atomic E-state index is 12.3. The van der Waals surface area contributed by atoms with Crippen LogP contribution in [0, 0.1) is 12.8 Å². The van der Waals surface area contributed by atoms with Crippen LogP contribution in [-0.4, -0.2) is 34.0 Å². The smallest absolute Gasteiger partial charge is 0.304 e. The first kappa shape index (κ1) is 16.2. The molecule has 9 nitrogen and oxygen atoms in total. The molecule has 0 atom stereocenters. The molecule has 0 bridgehead atoms. The molecule has 0 radical (unpaired) electrons. The van der Waals surface area contributed by atoms with Gasteiger partial charge in [0.2, 0.25) is 0 Å². The number of fused-ring (bicyclic) bond motifs is 3. The molecule has 1 aliphatic rings. The van der Waals surface area contributed by atoms with Gasteiger partial charge in [0.05, 0.1) is 23.3 Å². The largest absolute Gasteiger partial charge is 0.333 e. The van der Waals surface area contributed by atoms with Crippen molar-refractivity contribution in [3.8, 4) is 0 Å². The predicted octanol–water partition coefficient (Wildman–Crippen LogP) is 0.580. The van der Waals surface area contributed by atoms with E-state index in [4.69, 9.17) is 9.32 Å². The number of nitrogens with zero attached hydrogens (tertiary/aromatic N) is 3. The maximum Gasteiger partial charge on any atom is 0.333 e. The second-order valence-corrected chi connectivity index (χ2v) is 7.61. The van der Waals surface area contributed by atoms with Crippen molar-refractivity contribution in [1.29, 1.82) is 0 Å². The summed E-state index contributed by atoms with van der Waals surface area (Å²) in [6.07, 6.45) is 2.27. The molecule has 0 aliphatic heterocycles. The van der Waals surface area contributed by atoms with Crippen molar-refractivity contribution >= 4 is 32.4 Å². The van der Waals surface area contributed by atoms with Crippen LogP contribution in [0.1, 0.15) is 18.5 Å². The summed E-state index contributed by atoms with van der Waals surface area (Å²) in [4.78, 5) is 23.8. The molecular weight excluding hydrogens is 346 g/mol. The highest BCUT2D eigenvalue weighted by Crippen LogP contribution is 2.33. The Kier molecular flexibility index (Phi) is 3.63. The van der Waals surface area contributed by atoms with E-state index in [9.17, 15) is 13.2 Å². The van der Waals surface area contributed by atoms with Gasteiger partial charge in [-0.1, -0.05) is 0 Å². The van der Waals surface area contributed by atoms with Gasteiger partial charge < -0.3 is 4.98 Å². The van der Waals surface area contributed by atoms with Crippen LogP contribution in [0.4, 0.5) is 0 Å². The number of nitrogens with two attached hydrogens (primary N) is 1. The molecule has 1 aliphatic carbocycles. The van der Waals surface area contributed by atoms with Crippen LogP contribution in [0.15, 0.2) is 23.1 Å². The Morgan fingerprint density at radius 3 is 2.88 bits per heavy atom. The maximum atomic E-state index is 12.3. The summed E-state index contributed by atoms with van der Waals surface area (Å²) in [7, 11) is -3.94. The fraction of sp³-hybridized carbons (Fsp3) is 0.400.